The molecule has 2 N–H and O–H groups in total. The number of anilines is 2. The first-order valence-corrected chi connectivity index (χ1v) is 7.87. The van der Waals surface area contributed by atoms with E-state index in [0.29, 0.717) is 6.04 Å². The van der Waals surface area contributed by atoms with Crippen LogP contribution in [0.2, 0.25) is 0 Å². The standard InChI is InChI=1S/C16H25N3O/c1-12-4-5-13(11-12)18-15-3-2-8-17-16(15)19-9-6-14(20)7-10-19/h2-3,8,12-14,18,20H,4-7,9-11H2,1H3. The van der Waals surface area contributed by atoms with Crippen LogP contribution in [0.1, 0.15) is 39.0 Å². The predicted octanol–water partition coefficient (Wildman–Crippen LogP) is 2.64. The van der Waals surface area contributed by atoms with Crippen molar-refractivity contribution in [2.45, 2.75) is 51.2 Å². The van der Waals surface area contributed by atoms with Crippen molar-refractivity contribution in [3.63, 3.8) is 0 Å². The van der Waals surface area contributed by atoms with Crippen molar-refractivity contribution in [1.82, 2.24) is 4.98 Å². The van der Waals surface area contributed by atoms with Gasteiger partial charge in [-0.15, -0.1) is 0 Å². The number of rotatable bonds is 3. The van der Waals surface area contributed by atoms with Gasteiger partial charge in [0.2, 0.25) is 0 Å². The summed E-state index contributed by atoms with van der Waals surface area (Å²) in [6.45, 7) is 4.12. The van der Waals surface area contributed by atoms with Gasteiger partial charge in [0.25, 0.3) is 0 Å². The van der Waals surface area contributed by atoms with Gasteiger partial charge in [-0.3, -0.25) is 0 Å². The van der Waals surface area contributed by atoms with Crippen molar-refractivity contribution in [3.8, 4) is 0 Å². The fourth-order valence-electron chi connectivity index (χ4n) is 3.40. The van der Waals surface area contributed by atoms with Crippen LogP contribution in [0.5, 0.6) is 0 Å². The summed E-state index contributed by atoms with van der Waals surface area (Å²) in [4.78, 5) is 6.87. The molecule has 0 radical (unpaired) electrons. The Morgan fingerprint density at radius 1 is 1.25 bits per heavy atom. The van der Waals surface area contributed by atoms with Crippen LogP contribution in [0.3, 0.4) is 0 Å². The molecule has 0 spiro atoms. The van der Waals surface area contributed by atoms with Gasteiger partial charge in [0.15, 0.2) is 5.82 Å². The summed E-state index contributed by atoms with van der Waals surface area (Å²) in [6, 6.07) is 4.72. The highest BCUT2D eigenvalue weighted by Gasteiger charge is 2.24. The van der Waals surface area contributed by atoms with Crippen LogP contribution in [0, 0.1) is 5.92 Å². The zero-order valence-electron chi connectivity index (χ0n) is 12.3. The van der Waals surface area contributed by atoms with Gasteiger partial charge in [-0.05, 0) is 50.2 Å². The highest BCUT2D eigenvalue weighted by atomic mass is 16.3. The van der Waals surface area contributed by atoms with E-state index in [-0.39, 0.29) is 6.10 Å². The average Bonchev–Trinajstić information content (AvgIpc) is 2.86. The summed E-state index contributed by atoms with van der Waals surface area (Å²) in [7, 11) is 0. The monoisotopic (exact) mass is 275 g/mol. The van der Waals surface area contributed by atoms with Crippen molar-refractivity contribution < 1.29 is 5.11 Å². The maximum Gasteiger partial charge on any atom is 0.151 e. The quantitative estimate of drug-likeness (QED) is 0.890. The van der Waals surface area contributed by atoms with E-state index >= 15 is 0 Å². The molecule has 2 aliphatic rings. The molecular weight excluding hydrogens is 250 g/mol. The lowest BCUT2D eigenvalue weighted by Gasteiger charge is -2.32. The molecule has 1 saturated carbocycles. The number of pyridine rings is 1. The molecule has 1 aliphatic heterocycles. The summed E-state index contributed by atoms with van der Waals surface area (Å²) in [5, 5.41) is 13.3. The first-order chi connectivity index (χ1) is 9.72. The Kier molecular flexibility index (Phi) is 4.10. The zero-order chi connectivity index (χ0) is 13.9. The molecule has 2 fully saturated rings. The van der Waals surface area contributed by atoms with Gasteiger partial charge in [-0.2, -0.15) is 0 Å². The van der Waals surface area contributed by atoms with Crippen LogP contribution in [0.15, 0.2) is 18.3 Å². The third-order valence-corrected chi connectivity index (χ3v) is 4.61. The van der Waals surface area contributed by atoms with Crippen LogP contribution < -0.4 is 10.2 Å². The molecule has 0 bridgehead atoms. The van der Waals surface area contributed by atoms with Gasteiger partial charge >= 0.3 is 0 Å². The topological polar surface area (TPSA) is 48.4 Å². The molecule has 2 heterocycles. The second-order valence-electron chi connectivity index (χ2n) is 6.35. The number of hydrogen-bond donors (Lipinski definition) is 2. The molecule has 1 aliphatic carbocycles. The van der Waals surface area contributed by atoms with E-state index in [1.165, 1.54) is 19.3 Å². The first-order valence-electron chi connectivity index (χ1n) is 7.87. The van der Waals surface area contributed by atoms with E-state index in [0.717, 1.165) is 43.4 Å². The van der Waals surface area contributed by atoms with Gasteiger partial charge in [0.05, 0.1) is 11.8 Å². The third-order valence-electron chi connectivity index (χ3n) is 4.61. The van der Waals surface area contributed by atoms with Crippen molar-refractivity contribution >= 4 is 11.5 Å². The Balaban J connectivity index is 1.71. The van der Waals surface area contributed by atoms with Gasteiger partial charge in [-0.1, -0.05) is 6.92 Å². The van der Waals surface area contributed by atoms with Crippen LogP contribution in [0.4, 0.5) is 11.5 Å². The molecule has 0 amide bonds. The minimum atomic E-state index is -0.137. The lowest BCUT2D eigenvalue weighted by Crippen LogP contribution is -2.37. The van der Waals surface area contributed by atoms with E-state index in [2.05, 4.69) is 28.2 Å². The molecule has 1 aromatic rings. The highest BCUT2D eigenvalue weighted by molar-refractivity contribution is 5.66. The summed E-state index contributed by atoms with van der Waals surface area (Å²) < 4.78 is 0. The molecule has 2 unspecified atom stereocenters. The predicted molar refractivity (Wildman–Crippen MR) is 82.1 cm³/mol. The number of aliphatic hydroxyl groups excluding tert-OH is 1. The molecule has 3 rings (SSSR count). The molecule has 1 aromatic heterocycles. The average molecular weight is 275 g/mol. The summed E-state index contributed by atoms with van der Waals surface area (Å²) in [5.74, 6) is 1.89. The van der Waals surface area contributed by atoms with Crippen LogP contribution >= 0.6 is 0 Å². The number of aliphatic hydroxyl groups is 1. The minimum absolute atomic E-state index is 0.137. The molecule has 0 aromatic carbocycles. The van der Waals surface area contributed by atoms with Gasteiger partial charge in [-0.25, -0.2) is 4.98 Å². The fourth-order valence-corrected chi connectivity index (χ4v) is 3.40. The SMILES string of the molecule is CC1CCC(Nc2cccnc2N2CCC(O)CC2)C1. The Labute approximate surface area is 121 Å². The molecule has 4 nitrogen and oxygen atoms in total. The molecular formula is C16H25N3O. The lowest BCUT2D eigenvalue weighted by atomic mass is 10.1. The Morgan fingerprint density at radius 2 is 2.05 bits per heavy atom. The lowest BCUT2D eigenvalue weighted by molar-refractivity contribution is 0.145. The fraction of sp³-hybridized carbons (Fsp3) is 0.688. The highest BCUT2D eigenvalue weighted by Crippen LogP contribution is 2.31. The number of nitrogens with zero attached hydrogens (tertiary/aromatic N) is 2. The van der Waals surface area contributed by atoms with Crippen molar-refractivity contribution in [3.05, 3.63) is 18.3 Å². The van der Waals surface area contributed by atoms with E-state index in [4.69, 9.17) is 0 Å². The van der Waals surface area contributed by atoms with Crippen molar-refractivity contribution in [2.75, 3.05) is 23.3 Å². The molecule has 1 saturated heterocycles. The zero-order valence-corrected chi connectivity index (χ0v) is 12.3. The Bertz CT molecular complexity index is 443. The van der Waals surface area contributed by atoms with Crippen molar-refractivity contribution in [2.24, 2.45) is 5.92 Å². The Morgan fingerprint density at radius 3 is 2.75 bits per heavy atom. The number of nitrogens with one attached hydrogen (secondary N) is 1. The van der Waals surface area contributed by atoms with Gasteiger partial charge in [0.1, 0.15) is 0 Å². The number of piperidine rings is 1. The van der Waals surface area contributed by atoms with Crippen LogP contribution in [-0.2, 0) is 0 Å². The summed E-state index contributed by atoms with van der Waals surface area (Å²) in [5.41, 5.74) is 1.16. The molecule has 2 atom stereocenters. The minimum Gasteiger partial charge on any atom is -0.393 e. The summed E-state index contributed by atoms with van der Waals surface area (Å²) >= 11 is 0. The number of aromatic nitrogens is 1. The van der Waals surface area contributed by atoms with E-state index in [9.17, 15) is 5.11 Å². The van der Waals surface area contributed by atoms with E-state index in [1.807, 2.05) is 12.3 Å². The molecule has 4 heteroatoms. The molecule has 110 valence electrons. The second-order valence-corrected chi connectivity index (χ2v) is 6.35. The van der Waals surface area contributed by atoms with Crippen molar-refractivity contribution in [1.29, 1.82) is 0 Å². The van der Waals surface area contributed by atoms with Crippen LogP contribution in [0.25, 0.3) is 0 Å². The van der Waals surface area contributed by atoms with E-state index in [1.54, 1.807) is 0 Å². The van der Waals surface area contributed by atoms with Crippen LogP contribution in [-0.4, -0.2) is 35.3 Å². The first kappa shape index (κ1) is 13.7. The maximum absolute atomic E-state index is 9.64. The van der Waals surface area contributed by atoms with Gasteiger partial charge in [0, 0.05) is 25.3 Å². The largest absolute Gasteiger partial charge is 0.393 e. The van der Waals surface area contributed by atoms with Gasteiger partial charge < -0.3 is 15.3 Å². The number of hydrogen-bond acceptors (Lipinski definition) is 4. The molecule has 20 heavy (non-hydrogen) atoms. The van der Waals surface area contributed by atoms with E-state index < -0.39 is 0 Å². The Hall–Kier alpha value is -1.29. The second kappa shape index (κ2) is 6.00. The maximum atomic E-state index is 9.64. The third kappa shape index (κ3) is 3.06. The smallest absolute Gasteiger partial charge is 0.151 e. The summed E-state index contributed by atoms with van der Waals surface area (Å²) in [6.07, 6.45) is 7.25. The normalized spacial score (nSPS) is 27.8.